The van der Waals surface area contributed by atoms with Crippen LogP contribution >= 0.6 is 23.2 Å². The Balaban J connectivity index is 2.04. The molecule has 0 saturated heterocycles. The first-order valence-electron chi connectivity index (χ1n) is 8.44. The topological polar surface area (TPSA) is 75.3 Å². The van der Waals surface area contributed by atoms with Gasteiger partial charge in [0.15, 0.2) is 0 Å². The molecule has 0 fully saturated rings. The maximum absolute atomic E-state index is 12.4. The highest BCUT2D eigenvalue weighted by atomic mass is 35.5. The van der Waals surface area contributed by atoms with Gasteiger partial charge in [0.1, 0.15) is 0 Å². The lowest BCUT2D eigenvalue weighted by atomic mass is 10.1. The number of rotatable bonds is 7. The van der Waals surface area contributed by atoms with Crippen molar-refractivity contribution in [2.24, 2.45) is 5.92 Å². The molecule has 0 spiro atoms. The second-order valence-electron chi connectivity index (χ2n) is 6.66. The van der Waals surface area contributed by atoms with E-state index < -0.39 is 10.0 Å². The van der Waals surface area contributed by atoms with E-state index in [1.807, 2.05) is 20.8 Å². The quantitative estimate of drug-likeness (QED) is 0.681. The van der Waals surface area contributed by atoms with Crippen LogP contribution in [0.25, 0.3) is 0 Å². The van der Waals surface area contributed by atoms with Crippen LogP contribution in [0.2, 0.25) is 10.0 Å². The number of carbonyl (C=O) groups excluding carboxylic acids is 1. The molecule has 146 valence electrons. The third-order valence-corrected chi connectivity index (χ3v) is 6.28. The SMILES string of the molecule is CC(C)C(C)NC(=O)Cc1ccc(NS(=O)(=O)c2ccc(Cl)c(Cl)c2)cc1. The largest absolute Gasteiger partial charge is 0.353 e. The Hall–Kier alpha value is -1.76. The van der Waals surface area contributed by atoms with E-state index in [4.69, 9.17) is 23.2 Å². The molecule has 0 heterocycles. The van der Waals surface area contributed by atoms with E-state index in [-0.39, 0.29) is 33.3 Å². The van der Waals surface area contributed by atoms with Crippen molar-refractivity contribution in [2.45, 2.75) is 38.1 Å². The van der Waals surface area contributed by atoms with Gasteiger partial charge in [-0.3, -0.25) is 9.52 Å². The number of amides is 1. The minimum absolute atomic E-state index is 0.0167. The molecule has 0 saturated carbocycles. The zero-order chi connectivity index (χ0) is 20.2. The fourth-order valence-electron chi connectivity index (χ4n) is 2.21. The van der Waals surface area contributed by atoms with Crippen molar-refractivity contribution in [2.75, 3.05) is 4.72 Å². The Morgan fingerprint density at radius 1 is 1.00 bits per heavy atom. The molecule has 0 radical (unpaired) electrons. The number of benzene rings is 2. The molecule has 1 atom stereocenters. The molecule has 27 heavy (non-hydrogen) atoms. The van der Waals surface area contributed by atoms with Gasteiger partial charge in [-0.1, -0.05) is 49.2 Å². The Bertz CT molecular complexity index is 913. The molecule has 0 aromatic heterocycles. The molecule has 2 N–H and O–H groups in total. The van der Waals surface area contributed by atoms with Gasteiger partial charge >= 0.3 is 0 Å². The van der Waals surface area contributed by atoms with Crippen molar-refractivity contribution in [3.63, 3.8) is 0 Å². The van der Waals surface area contributed by atoms with E-state index in [1.54, 1.807) is 24.3 Å². The molecule has 0 bridgehead atoms. The maximum Gasteiger partial charge on any atom is 0.261 e. The molecule has 0 aliphatic carbocycles. The second kappa shape index (κ2) is 8.95. The standard InChI is InChI=1S/C19H22Cl2N2O3S/c1-12(2)13(3)22-19(24)10-14-4-6-15(7-5-14)23-27(25,26)16-8-9-17(20)18(21)11-16/h4-9,11-13,23H,10H2,1-3H3,(H,22,24). The molecule has 2 aromatic rings. The summed E-state index contributed by atoms with van der Waals surface area (Å²) in [6.07, 6.45) is 0.233. The number of sulfonamides is 1. The average Bonchev–Trinajstić information content (AvgIpc) is 2.58. The Labute approximate surface area is 170 Å². The van der Waals surface area contributed by atoms with Crippen molar-refractivity contribution in [3.05, 3.63) is 58.1 Å². The summed E-state index contributed by atoms with van der Waals surface area (Å²) in [5.74, 6) is 0.285. The predicted octanol–water partition coefficient (Wildman–Crippen LogP) is 4.50. The van der Waals surface area contributed by atoms with Crippen LogP contribution in [-0.4, -0.2) is 20.4 Å². The summed E-state index contributed by atoms with van der Waals surface area (Å²) >= 11 is 11.7. The summed E-state index contributed by atoms with van der Waals surface area (Å²) in [5.41, 5.74) is 1.18. The molecule has 1 unspecified atom stereocenters. The predicted molar refractivity (Wildman–Crippen MR) is 110 cm³/mol. The fourth-order valence-corrected chi connectivity index (χ4v) is 3.65. The van der Waals surface area contributed by atoms with Crippen LogP contribution in [0.5, 0.6) is 0 Å². The summed E-state index contributed by atoms with van der Waals surface area (Å²) in [6, 6.07) is 10.9. The maximum atomic E-state index is 12.4. The number of carbonyl (C=O) groups is 1. The lowest BCUT2D eigenvalue weighted by Gasteiger charge is -2.17. The lowest BCUT2D eigenvalue weighted by Crippen LogP contribution is -2.37. The number of nitrogens with one attached hydrogen (secondary N) is 2. The van der Waals surface area contributed by atoms with E-state index in [1.165, 1.54) is 18.2 Å². The molecular formula is C19H22Cl2N2O3S. The highest BCUT2D eigenvalue weighted by Crippen LogP contribution is 2.26. The zero-order valence-corrected chi connectivity index (χ0v) is 17.6. The highest BCUT2D eigenvalue weighted by molar-refractivity contribution is 7.92. The van der Waals surface area contributed by atoms with Gasteiger partial charge < -0.3 is 5.32 Å². The minimum atomic E-state index is -3.79. The normalized spacial score (nSPS) is 12.7. The van der Waals surface area contributed by atoms with Crippen LogP contribution in [0.1, 0.15) is 26.3 Å². The first kappa shape index (κ1) is 21.5. The van der Waals surface area contributed by atoms with Crippen molar-refractivity contribution in [3.8, 4) is 0 Å². The van der Waals surface area contributed by atoms with Gasteiger partial charge in [-0.2, -0.15) is 0 Å². The van der Waals surface area contributed by atoms with Gasteiger partial charge in [0.05, 0.1) is 21.4 Å². The van der Waals surface area contributed by atoms with Crippen LogP contribution in [-0.2, 0) is 21.2 Å². The van der Waals surface area contributed by atoms with Crippen molar-refractivity contribution < 1.29 is 13.2 Å². The van der Waals surface area contributed by atoms with E-state index in [2.05, 4.69) is 10.0 Å². The summed E-state index contributed by atoms with van der Waals surface area (Å²) in [6.45, 7) is 6.04. The highest BCUT2D eigenvalue weighted by Gasteiger charge is 2.16. The zero-order valence-electron chi connectivity index (χ0n) is 15.3. The van der Waals surface area contributed by atoms with Crippen LogP contribution in [0.4, 0.5) is 5.69 Å². The number of halogens is 2. The number of hydrogen-bond donors (Lipinski definition) is 2. The van der Waals surface area contributed by atoms with E-state index in [9.17, 15) is 13.2 Å². The molecule has 2 aromatic carbocycles. The van der Waals surface area contributed by atoms with Crippen molar-refractivity contribution in [1.29, 1.82) is 0 Å². The second-order valence-corrected chi connectivity index (χ2v) is 9.15. The molecule has 1 amide bonds. The minimum Gasteiger partial charge on any atom is -0.353 e. The Morgan fingerprint density at radius 2 is 1.63 bits per heavy atom. The molecule has 5 nitrogen and oxygen atoms in total. The monoisotopic (exact) mass is 428 g/mol. The van der Waals surface area contributed by atoms with Crippen molar-refractivity contribution in [1.82, 2.24) is 5.32 Å². The van der Waals surface area contributed by atoms with Gasteiger partial charge in [-0.05, 0) is 48.7 Å². The van der Waals surface area contributed by atoms with Crippen LogP contribution in [0, 0.1) is 5.92 Å². The fraction of sp³-hybridized carbons (Fsp3) is 0.316. The van der Waals surface area contributed by atoms with Gasteiger partial charge in [0.25, 0.3) is 10.0 Å². The summed E-state index contributed by atoms with van der Waals surface area (Å²) in [4.78, 5) is 12.1. The van der Waals surface area contributed by atoms with Crippen LogP contribution in [0.3, 0.4) is 0 Å². The molecular weight excluding hydrogens is 407 g/mol. The number of anilines is 1. The first-order valence-corrected chi connectivity index (χ1v) is 10.7. The molecule has 0 aliphatic heterocycles. The van der Waals surface area contributed by atoms with E-state index >= 15 is 0 Å². The Morgan fingerprint density at radius 3 is 2.19 bits per heavy atom. The lowest BCUT2D eigenvalue weighted by molar-refractivity contribution is -0.121. The smallest absolute Gasteiger partial charge is 0.261 e. The number of hydrogen-bond acceptors (Lipinski definition) is 3. The van der Waals surface area contributed by atoms with Gasteiger partial charge in [-0.15, -0.1) is 0 Å². The molecule has 8 heteroatoms. The molecule has 2 rings (SSSR count). The van der Waals surface area contributed by atoms with Gasteiger partial charge in [0.2, 0.25) is 5.91 Å². The summed E-state index contributed by atoms with van der Waals surface area (Å²) in [7, 11) is -3.79. The third kappa shape index (κ3) is 6.13. The van der Waals surface area contributed by atoms with E-state index in [0.29, 0.717) is 11.6 Å². The van der Waals surface area contributed by atoms with Crippen LogP contribution < -0.4 is 10.0 Å². The summed E-state index contributed by atoms with van der Waals surface area (Å²) in [5, 5.41) is 3.38. The van der Waals surface area contributed by atoms with Crippen LogP contribution in [0.15, 0.2) is 47.4 Å². The van der Waals surface area contributed by atoms with Gasteiger partial charge in [-0.25, -0.2) is 8.42 Å². The van der Waals surface area contributed by atoms with Gasteiger partial charge in [0, 0.05) is 11.7 Å². The first-order chi connectivity index (χ1) is 12.6. The third-order valence-electron chi connectivity index (χ3n) is 4.16. The van der Waals surface area contributed by atoms with Crippen molar-refractivity contribution >= 4 is 44.8 Å². The average molecular weight is 429 g/mol. The molecule has 0 aliphatic rings. The van der Waals surface area contributed by atoms with E-state index in [0.717, 1.165) is 5.56 Å². The summed E-state index contributed by atoms with van der Waals surface area (Å²) < 4.78 is 27.4. The Kier molecular flexibility index (Phi) is 7.14.